The average molecular weight is 296 g/mol. The summed E-state index contributed by atoms with van der Waals surface area (Å²) in [6, 6.07) is 3.18. The van der Waals surface area contributed by atoms with Gasteiger partial charge < -0.3 is 19.7 Å². The van der Waals surface area contributed by atoms with Crippen LogP contribution in [-0.2, 0) is 9.59 Å². The molecule has 7 nitrogen and oxygen atoms in total. The molecule has 0 spiro atoms. The number of hydrogen-bond acceptors (Lipinski definition) is 4. The predicted octanol–water partition coefficient (Wildman–Crippen LogP) is 0.969. The molecule has 2 amide bonds. The Morgan fingerprint density at radius 1 is 1.43 bits per heavy atom. The Hall–Kier alpha value is -2.31. The highest BCUT2D eigenvalue weighted by Crippen LogP contribution is 2.02. The lowest BCUT2D eigenvalue weighted by Crippen LogP contribution is -2.34. The summed E-state index contributed by atoms with van der Waals surface area (Å²) in [4.78, 5) is 35.4. The van der Waals surface area contributed by atoms with Crippen LogP contribution in [0.3, 0.4) is 0 Å². The first-order valence-corrected chi connectivity index (χ1v) is 6.70. The van der Waals surface area contributed by atoms with Crippen molar-refractivity contribution < 1.29 is 23.9 Å². The monoisotopic (exact) mass is 296 g/mol. The Morgan fingerprint density at radius 2 is 2.14 bits per heavy atom. The maximum atomic E-state index is 11.8. The van der Waals surface area contributed by atoms with Crippen molar-refractivity contribution in [2.45, 2.75) is 19.8 Å². The lowest BCUT2D eigenvalue weighted by molar-refractivity contribution is -0.142. The summed E-state index contributed by atoms with van der Waals surface area (Å²) in [6.45, 7) is 2.08. The van der Waals surface area contributed by atoms with Gasteiger partial charge in [0, 0.05) is 26.6 Å². The molecule has 0 aromatic carbocycles. The summed E-state index contributed by atoms with van der Waals surface area (Å²) in [6.07, 6.45) is 2.15. The first-order valence-electron chi connectivity index (χ1n) is 6.70. The Bertz CT molecular complexity index is 484. The number of carboxylic acids is 1. The molecule has 1 unspecified atom stereocenters. The van der Waals surface area contributed by atoms with Crippen molar-refractivity contribution in [1.82, 2.24) is 10.2 Å². The van der Waals surface area contributed by atoms with Crippen LogP contribution in [0.2, 0.25) is 0 Å². The molecule has 0 bridgehead atoms. The summed E-state index contributed by atoms with van der Waals surface area (Å²) in [7, 11) is 1.57. The topological polar surface area (TPSA) is 99.9 Å². The molecule has 0 fully saturated rings. The third kappa shape index (κ3) is 5.68. The largest absolute Gasteiger partial charge is 0.481 e. The van der Waals surface area contributed by atoms with Crippen LogP contribution in [0.1, 0.15) is 30.3 Å². The fraction of sp³-hybridized carbons (Fsp3) is 0.500. The molecule has 0 aliphatic heterocycles. The summed E-state index contributed by atoms with van der Waals surface area (Å²) >= 11 is 0. The quantitative estimate of drug-likeness (QED) is 0.696. The molecular formula is C14H20N2O5. The van der Waals surface area contributed by atoms with Crippen molar-refractivity contribution in [2.24, 2.45) is 5.92 Å². The van der Waals surface area contributed by atoms with Crippen LogP contribution >= 0.6 is 0 Å². The van der Waals surface area contributed by atoms with Crippen molar-refractivity contribution in [2.75, 3.05) is 20.1 Å². The van der Waals surface area contributed by atoms with Gasteiger partial charge in [-0.2, -0.15) is 0 Å². The highest BCUT2D eigenvalue weighted by molar-refractivity contribution is 5.91. The second-order valence-electron chi connectivity index (χ2n) is 4.85. The second kappa shape index (κ2) is 8.08. The first kappa shape index (κ1) is 16.7. The summed E-state index contributed by atoms with van der Waals surface area (Å²) in [5.41, 5.74) is 0. The smallest absolute Gasteiger partial charge is 0.308 e. The van der Waals surface area contributed by atoms with E-state index in [2.05, 4.69) is 5.32 Å². The number of furan rings is 1. The number of carboxylic acid groups (broad SMARTS) is 1. The zero-order valence-corrected chi connectivity index (χ0v) is 12.2. The summed E-state index contributed by atoms with van der Waals surface area (Å²) in [5.74, 6) is -1.76. The van der Waals surface area contributed by atoms with Crippen LogP contribution in [0.15, 0.2) is 22.8 Å². The van der Waals surface area contributed by atoms with Gasteiger partial charge in [-0.15, -0.1) is 0 Å². The molecule has 0 aliphatic carbocycles. The second-order valence-corrected chi connectivity index (χ2v) is 4.85. The van der Waals surface area contributed by atoms with Gasteiger partial charge in [-0.05, 0) is 18.6 Å². The maximum Gasteiger partial charge on any atom is 0.308 e. The highest BCUT2D eigenvalue weighted by atomic mass is 16.4. The number of nitrogens with one attached hydrogen (secondary N) is 1. The van der Waals surface area contributed by atoms with E-state index in [1.54, 1.807) is 26.1 Å². The molecule has 0 saturated carbocycles. The van der Waals surface area contributed by atoms with Crippen molar-refractivity contribution in [1.29, 1.82) is 0 Å². The van der Waals surface area contributed by atoms with Gasteiger partial charge in [-0.3, -0.25) is 14.4 Å². The van der Waals surface area contributed by atoms with Crippen LogP contribution in [0.5, 0.6) is 0 Å². The molecule has 0 saturated heterocycles. The number of amides is 2. The molecule has 1 heterocycles. The third-order valence-electron chi connectivity index (χ3n) is 2.99. The third-order valence-corrected chi connectivity index (χ3v) is 2.99. The number of carbonyl (C=O) groups is 3. The Labute approximate surface area is 122 Å². The van der Waals surface area contributed by atoms with Crippen molar-refractivity contribution in [3.05, 3.63) is 24.2 Å². The maximum absolute atomic E-state index is 11.8. The van der Waals surface area contributed by atoms with E-state index in [1.165, 1.54) is 11.2 Å². The minimum Gasteiger partial charge on any atom is -0.481 e. The molecule has 116 valence electrons. The number of aliphatic carboxylic acids is 1. The van der Waals surface area contributed by atoms with E-state index in [4.69, 9.17) is 9.52 Å². The van der Waals surface area contributed by atoms with E-state index in [9.17, 15) is 14.4 Å². The van der Waals surface area contributed by atoms with Gasteiger partial charge in [0.15, 0.2) is 5.76 Å². The predicted molar refractivity (Wildman–Crippen MR) is 74.7 cm³/mol. The standard InChI is InChI=1S/C14H20N2O5/c1-10(14(19)20)9-16(2)12(17)6-3-7-15-13(18)11-5-4-8-21-11/h4-5,8,10H,3,6-7,9H2,1-2H3,(H,15,18)(H,19,20). The molecule has 2 N–H and O–H groups in total. The zero-order valence-electron chi connectivity index (χ0n) is 12.2. The van der Waals surface area contributed by atoms with Crippen molar-refractivity contribution >= 4 is 17.8 Å². The van der Waals surface area contributed by atoms with Gasteiger partial charge in [0.2, 0.25) is 5.91 Å². The lowest BCUT2D eigenvalue weighted by Gasteiger charge is -2.19. The number of hydrogen-bond donors (Lipinski definition) is 2. The fourth-order valence-corrected chi connectivity index (χ4v) is 1.72. The van der Waals surface area contributed by atoms with Gasteiger partial charge in [-0.1, -0.05) is 6.92 Å². The van der Waals surface area contributed by atoms with Crippen LogP contribution < -0.4 is 5.32 Å². The number of nitrogens with zero attached hydrogens (tertiary/aromatic N) is 1. The molecule has 1 aromatic rings. The van der Waals surface area contributed by atoms with Crippen LogP contribution in [0, 0.1) is 5.92 Å². The van der Waals surface area contributed by atoms with Gasteiger partial charge in [0.1, 0.15) is 0 Å². The Kier molecular flexibility index (Phi) is 6.45. The van der Waals surface area contributed by atoms with Gasteiger partial charge >= 0.3 is 5.97 Å². The number of carbonyl (C=O) groups excluding carboxylic acids is 2. The summed E-state index contributed by atoms with van der Waals surface area (Å²) < 4.78 is 4.93. The molecule has 1 rings (SSSR count). The fourth-order valence-electron chi connectivity index (χ4n) is 1.72. The van der Waals surface area contributed by atoms with Gasteiger partial charge in [0.25, 0.3) is 5.91 Å². The van der Waals surface area contributed by atoms with E-state index >= 15 is 0 Å². The van der Waals surface area contributed by atoms with E-state index < -0.39 is 11.9 Å². The molecule has 1 atom stereocenters. The molecule has 0 aliphatic rings. The van der Waals surface area contributed by atoms with Crippen molar-refractivity contribution in [3.8, 4) is 0 Å². The molecular weight excluding hydrogens is 276 g/mol. The Morgan fingerprint density at radius 3 is 2.71 bits per heavy atom. The highest BCUT2D eigenvalue weighted by Gasteiger charge is 2.17. The van der Waals surface area contributed by atoms with Crippen LogP contribution in [0.25, 0.3) is 0 Å². The van der Waals surface area contributed by atoms with E-state index in [1.807, 2.05) is 0 Å². The molecule has 21 heavy (non-hydrogen) atoms. The molecule has 7 heteroatoms. The van der Waals surface area contributed by atoms with Crippen molar-refractivity contribution in [3.63, 3.8) is 0 Å². The van der Waals surface area contributed by atoms with Crippen LogP contribution in [0.4, 0.5) is 0 Å². The van der Waals surface area contributed by atoms with E-state index in [0.29, 0.717) is 13.0 Å². The lowest BCUT2D eigenvalue weighted by atomic mass is 10.1. The Balaban J connectivity index is 2.21. The first-order chi connectivity index (χ1) is 9.91. The zero-order chi connectivity index (χ0) is 15.8. The molecule has 1 aromatic heterocycles. The molecule has 0 radical (unpaired) electrons. The minimum atomic E-state index is -0.930. The SMILES string of the molecule is CC(CN(C)C(=O)CCCNC(=O)c1ccco1)C(=O)O. The van der Waals surface area contributed by atoms with Gasteiger partial charge in [-0.25, -0.2) is 0 Å². The van der Waals surface area contributed by atoms with E-state index in [0.717, 1.165) is 0 Å². The minimum absolute atomic E-state index is 0.143. The average Bonchev–Trinajstić information content (AvgIpc) is 2.96. The van der Waals surface area contributed by atoms with Crippen LogP contribution in [-0.4, -0.2) is 47.9 Å². The normalized spacial score (nSPS) is 11.7. The van der Waals surface area contributed by atoms with Gasteiger partial charge in [0.05, 0.1) is 12.2 Å². The summed E-state index contributed by atoms with van der Waals surface area (Å²) in [5, 5.41) is 11.4. The number of rotatable bonds is 8. The van der Waals surface area contributed by atoms with E-state index in [-0.39, 0.29) is 30.5 Å².